The van der Waals surface area contributed by atoms with Crippen molar-refractivity contribution in [3.05, 3.63) is 53.9 Å². The number of amides is 1. The van der Waals surface area contributed by atoms with Gasteiger partial charge < -0.3 is 14.6 Å². The summed E-state index contributed by atoms with van der Waals surface area (Å²) in [4.78, 5) is 18.2. The Balaban J connectivity index is 1.88. The van der Waals surface area contributed by atoms with Gasteiger partial charge >= 0.3 is 0 Å². The first-order chi connectivity index (χ1) is 10.0. The van der Waals surface area contributed by atoms with Crippen molar-refractivity contribution in [2.24, 2.45) is 7.05 Å². The fourth-order valence-corrected chi connectivity index (χ4v) is 2.71. The Labute approximate surface area is 121 Å². The number of hydrogen-bond donors (Lipinski definition) is 1. The molecule has 1 aliphatic heterocycles. The van der Waals surface area contributed by atoms with Gasteiger partial charge in [0.15, 0.2) is 0 Å². The van der Waals surface area contributed by atoms with E-state index in [2.05, 4.69) is 4.98 Å². The summed E-state index contributed by atoms with van der Waals surface area (Å²) < 4.78 is 14.7. The van der Waals surface area contributed by atoms with Crippen molar-refractivity contribution in [1.82, 2.24) is 14.5 Å². The van der Waals surface area contributed by atoms with Crippen LogP contribution in [0.25, 0.3) is 0 Å². The molecule has 1 aliphatic rings. The molecule has 2 atom stereocenters. The normalized spacial score (nSPS) is 21.8. The number of β-amino-alcohol motifs (C(OH)–C–C–N with tert-alkyl or cyclic N) is 1. The minimum atomic E-state index is -0.576. The molecule has 2 aromatic rings. The number of carbonyl (C=O) groups excluding carboxylic acids is 1. The number of halogens is 1. The molecule has 1 aromatic carbocycles. The van der Waals surface area contributed by atoms with E-state index in [9.17, 15) is 14.3 Å². The molecule has 2 heterocycles. The van der Waals surface area contributed by atoms with Crippen LogP contribution in [0, 0.1) is 5.82 Å². The van der Waals surface area contributed by atoms with Crippen LogP contribution in [0.1, 0.15) is 28.5 Å². The first-order valence-electron chi connectivity index (χ1n) is 6.77. The van der Waals surface area contributed by atoms with Crippen LogP contribution < -0.4 is 0 Å². The van der Waals surface area contributed by atoms with Crippen molar-refractivity contribution in [2.75, 3.05) is 6.54 Å². The van der Waals surface area contributed by atoms with Gasteiger partial charge in [-0.1, -0.05) is 12.1 Å². The van der Waals surface area contributed by atoms with Crippen LogP contribution in [0.5, 0.6) is 0 Å². The van der Waals surface area contributed by atoms with Gasteiger partial charge in [-0.25, -0.2) is 9.37 Å². The molecule has 21 heavy (non-hydrogen) atoms. The second-order valence-corrected chi connectivity index (χ2v) is 5.34. The molecule has 110 valence electrons. The number of hydrogen-bond acceptors (Lipinski definition) is 3. The summed E-state index contributed by atoms with van der Waals surface area (Å²) >= 11 is 0. The smallest absolute Gasteiger partial charge is 0.274 e. The Kier molecular flexibility index (Phi) is 3.47. The van der Waals surface area contributed by atoms with Gasteiger partial charge in [0, 0.05) is 19.8 Å². The van der Waals surface area contributed by atoms with E-state index < -0.39 is 6.10 Å². The molecule has 1 saturated heterocycles. The lowest BCUT2D eigenvalue weighted by molar-refractivity contribution is 0.0710. The third kappa shape index (κ3) is 2.67. The Bertz CT molecular complexity index is 653. The largest absolute Gasteiger partial charge is 0.391 e. The van der Waals surface area contributed by atoms with Crippen LogP contribution in [0.4, 0.5) is 4.39 Å². The lowest BCUT2D eigenvalue weighted by atomic mass is 10.0. The highest BCUT2D eigenvalue weighted by Crippen LogP contribution is 2.33. The van der Waals surface area contributed by atoms with E-state index in [4.69, 9.17) is 0 Å². The molecule has 3 rings (SSSR count). The summed E-state index contributed by atoms with van der Waals surface area (Å²) in [6.07, 6.45) is 3.08. The average molecular weight is 289 g/mol. The van der Waals surface area contributed by atoms with Gasteiger partial charge in [0.25, 0.3) is 5.91 Å². The lowest BCUT2D eigenvalue weighted by Gasteiger charge is -2.24. The number of rotatable bonds is 2. The summed E-state index contributed by atoms with van der Waals surface area (Å²) in [5.41, 5.74) is 1.16. The van der Waals surface area contributed by atoms with E-state index in [0.29, 0.717) is 12.1 Å². The average Bonchev–Trinajstić information content (AvgIpc) is 3.05. The van der Waals surface area contributed by atoms with Crippen LogP contribution >= 0.6 is 0 Å². The summed E-state index contributed by atoms with van der Waals surface area (Å²) in [7, 11) is 1.79. The van der Waals surface area contributed by atoms with Crippen molar-refractivity contribution < 1.29 is 14.3 Å². The second-order valence-electron chi connectivity index (χ2n) is 5.34. The van der Waals surface area contributed by atoms with Crippen LogP contribution in [-0.4, -0.2) is 38.1 Å². The zero-order valence-corrected chi connectivity index (χ0v) is 11.6. The molecule has 0 aliphatic carbocycles. The standard InChI is InChI=1S/C15H16FN3O2/c1-18-8-13(17-9-18)15(21)19-7-12(20)6-14(19)10-2-4-11(16)5-3-10/h2-5,8-9,12,14,20H,6-7H2,1H3/t12-,14-/m1/s1. The second kappa shape index (κ2) is 5.29. The molecule has 0 spiro atoms. The minimum Gasteiger partial charge on any atom is -0.391 e. The highest BCUT2D eigenvalue weighted by atomic mass is 19.1. The van der Waals surface area contributed by atoms with Gasteiger partial charge in [-0.05, 0) is 24.1 Å². The van der Waals surface area contributed by atoms with E-state index in [-0.39, 0.29) is 24.3 Å². The highest BCUT2D eigenvalue weighted by Gasteiger charge is 2.36. The molecule has 1 amide bonds. The number of aliphatic hydroxyl groups is 1. The topological polar surface area (TPSA) is 58.4 Å². The van der Waals surface area contributed by atoms with Gasteiger partial charge in [0.05, 0.1) is 18.5 Å². The number of benzene rings is 1. The van der Waals surface area contributed by atoms with E-state index in [1.54, 1.807) is 41.2 Å². The Hall–Kier alpha value is -2.21. The Morgan fingerprint density at radius 2 is 2.10 bits per heavy atom. The zero-order chi connectivity index (χ0) is 15.0. The fraction of sp³-hybridized carbons (Fsp3) is 0.333. The van der Waals surface area contributed by atoms with Crippen LogP contribution in [0.2, 0.25) is 0 Å². The van der Waals surface area contributed by atoms with Crippen LogP contribution in [0.15, 0.2) is 36.8 Å². The third-order valence-corrected chi connectivity index (χ3v) is 3.72. The first-order valence-corrected chi connectivity index (χ1v) is 6.77. The molecule has 5 nitrogen and oxygen atoms in total. The van der Waals surface area contributed by atoms with Crippen molar-refractivity contribution in [1.29, 1.82) is 0 Å². The molecular formula is C15H16FN3O2. The number of aromatic nitrogens is 2. The maximum Gasteiger partial charge on any atom is 0.274 e. The van der Waals surface area contributed by atoms with E-state index >= 15 is 0 Å². The van der Waals surface area contributed by atoms with E-state index in [0.717, 1.165) is 5.56 Å². The number of carbonyl (C=O) groups is 1. The van der Waals surface area contributed by atoms with E-state index in [1.807, 2.05) is 0 Å². The maximum absolute atomic E-state index is 13.0. The van der Waals surface area contributed by atoms with Gasteiger partial charge in [-0.15, -0.1) is 0 Å². The summed E-state index contributed by atoms with van der Waals surface area (Å²) in [5, 5.41) is 9.89. The molecule has 0 saturated carbocycles. The molecule has 0 unspecified atom stereocenters. The van der Waals surface area contributed by atoms with Gasteiger partial charge in [-0.2, -0.15) is 0 Å². The predicted molar refractivity (Wildman–Crippen MR) is 74.0 cm³/mol. The molecule has 1 fully saturated rings. The molecule has 6 heteroatoms. The number of likely N-dealkylation sites (tertiary alicyclic amines) is 1. The number of aryl methyl sites for hydroxylation is 1. The molecule has 1 aromatic heterocycles. The summed E-state index contributed by atoms with van der Waals surface area (Å²) in [5.74, 6) is -0.540. The molecule has 0 bridgehead atoms. The zero-order valence-electron chi connectivity index (χ0n) is 11.6. The van der Waals surface area contributed by atoms with Crippen molar-refractivity contribution in [3.63, 3.8) is 0 Å². The SMILES string of the molecule is Cn1cnc(C(=O)N2C[C@H](O)C[C@@H]2c2ccc(F)cc2)c1. The molecular weight excluding hydrogens is 273 g/mol. The fourth-order valence-electron chi connectivity index (χ4n) is 2.71. The minimum absolute atomic E-state index is 0.221. The van der Waals surface area contributed by atoms with Crippen LogP contribution in [0.3, 0.4) is 0 Å². The number of nitrogens with zero attached hydrogens (tertiary/aromatic N) is 3. The summed E-state index contributed by atoms with van der Waals surface area (Å²) in [6.45, 7) is 0.261. The quantitative estimate of drug-likeness (QED) is 0.911. The van der Waals surface area contributed by atoms with Gasteiger partial charge in [0.1, 0.15) is 11.5 Å². The maximum atomic E-state index is 13.0. The highest BCUT2D eigenvalue weighted by molar-refractivity contribution is 5.92. The number of aliphatic hydroxyl groups excluding tert-OH is 1. The van der Waals surface area contributed by atoms with Crippen LogP contribution in [-0.2, 0) is 7.05 Å². The lowest BCUT2D eigenvalue weighted by Crippen LogP contribution is -2.32. The predicted octanol–water partition coefficient (Wildman–Crippen LogP) is 1.51. The molecule has 1 N–H and O–H groups in total. The first kappa shape index (κ1) is 13.8. The van der Waals surface area contributed by atoms with Gasteiger partial charge in [-0.3, -0.25) is 4.79 Å². The van der Waals surface area contributed by atoms with E-state index in [1.165, 1.54) is 12.1 Å². The Morgan fingerprint density at radius 1 is 1.38 bits per heavy atom. The number of imidazole rings is 1. The van der Waals surface area contributed by atoms with Gasteiger partial charge in [0.2, 0.25) is 0 Å². The molecule has 0 radical (unpaired) electrons. The van der Waals surface area contributed by atoms with Crippen molar-refractivity contribution >= 4 is 5.91 Å². The third-order valence-electron chi connectivity index (χ3n) is 3.72. The Morgan fingerprint density at radius 3 is 2.71 bits per heavy atom. The van der Waals surface area contributed by atoms with Crippen molar-refractivity contribution in [2.45, 2.75) is 18.6 Å². The summed E-state index contributed by atoms with van der Waals surface area (Å²) in [6, 6.07) is 5.77. The van der Waals surface area contributed by atoms with Crippen molar-refractivity contribution in [3.8, 4) is 0 Å². The monoisotopic (exact) mass is 289 g/mol.